The Bertz CT molecular complexity index is 329. The topological polar surface area (TPSA) is 73.6 Å². The lowest BCUT2D eigenvalue weighted by molar-refractivity contribution is 0.0269. The molecule has 0 spiro atoms. The Morgan fingerprint density at radius 2 is 2.19 bits per heavy atom. The van der Waals surface area contributed by atoms with E-state index in [4.69, 9.17) is 10.00 Å². The molecular formula is C11H18N2O3. The molecule has 0 radical (unpaired) electrons. The van der Waals surface area contributed by atoms with Gasteiger partial charge < -0.3 is 14.7 Å². The summed E-state index contributed by atoms with van der Waals surface area (Å²) in [7, 11) is 0. The minimum atomic E-state index is -0.892. The molecule has 1 aliphatic heterocycles. The first kappa shape index (κ1) is 12.8. The van der Waals surface area contributed by atoms with Crippen LogP contribution in [0.2, 0.25) is 0 Å². The normalized spacial score (nSPS) is 30.0. The highest BCUT2D eigenvalue weighted by Crippen LogP contribution is 2.30. The van der Waals surface area contributed by atoms with Gasteiger partial charge in [-0.3, -0.25) is 0 Å². The number of ether oxygens (including phenoxy) is 1. The summed E-state index contributed by atoms with van der Waals surface area (Å²) in [6, 6.07) is 2.04. The summed E-state index contributed by atoms with van der Waals surface area (Å²) in [6.07, 6.45) is -1.30. The number of nitriles is 1. The molecule has 0 aromatic rings. The van der Waals surface area contributed by atoms with Crippen molar-refractivity contribution in [2.24, 2.45) is 5.41 Å². The van der Waals surface area contributed by atoms with Crippen LogP contribution in [0, 0.1) is 16.7 Å². The van der Waals surface area contributed by atoms with E-state index < -0.39 is 23.2 Å². The maximum Gasteiger partial charge on any atom is 0.410 e. The highest BCUT2D eigenvalue weighted by atomic mass is 16.6. The molecule has 1 aliphatic rings. The van der Waals surface area contributed by atoms with E-state index >= 15 is 0 Å². The van der Waals surface area contributed by atoms with Crippen molar-refractivity contribution >= 4 is 6.09 Å². The lowest BCUT2D eigenvalue weighted by Crippen LogP contribution is -2.36. The van der Waals surface area contributed by atoms with Crippen LogP contribution in [-0.4, -0.2) is 40.9 Å². The number of aliphatic hydroxyl groups excluding tert-OH is 1. The molecular weight excluding hydrogens is 208 g/mol. The third kappa shape index (κ3) is 2.64. The Hall–Kier alpha value is -1.28. The number of hydrogen-bond donors (Lipinski definition) is 1. The number of amides is 1. The van der Waals surface area contributed by atoms with Gasteiger partial charge in [-0.05, 0) is 27.7 Å². The third-order valence-electron chi connectivity index (χ3n) is 2.56. The second-order valence-electron chi connectivity index (χ2n) is 5.41. The van der Waals surface area contributed by atoms with E-state index in [1.54, 1.807) is 27.7 Å². The quantitative estimate of drug-likeness (QED) is 0.672. The molecule has 5 heteroatoms. The molecule has 1 fully saturated rings. The molecule has 0 aliphatic carbocycles. The van der Waals surface area contributed by atoms with E-state index in [-0.39, 0.29) is 13.1 Å². The fourth-order valence-corrected chi connectivity index (χ4v) is 1.55. The number of carbonyl (C=O) groups is 1. The highest BCUT2D eigenvalue weighted by molar-refractivity contribution is 5.69. The Balaban J connectivity index is 2.67. The maximum absolute atomic E-state index is 11.7. The standard InChI is InChI=1S/C11H18N2O3/c1-10(2,3)16-9(15)13-5-8(14)11(4,6-12)7-13/h8,14H,5,7H2,1-4H3. The van der Waals surface area contributed by atoms with E-state index in [0.29, 0.717) is 0 Å². The van der Waals surface area contributed by atoms with E-state index in [2.05, 4.69) is 0 Å². The zero-order chi connectivity index (χ0) is 12.6. The van der Waals surface area contributed by atoms with Crippen LogP contribution in [-0.2, 0) is 4.74 Å². The smallest absolute Gasteiger partial charge is 0.410 e. The summed E-state index contributed by atoms with van der Waals surface area (Å²) in [4.78, 5) is 13.1. The van der Waals surface area contributed by atoms with Gasteiger partial charge in [-0.2, -0.15) is 5.26 Å². The van der Waals surface area contributed by atoms with Gasteiger partial charge in [-0.1, -0.05) is 0 Å². The van der Waals surface area contributed by atoms with Crippen molar-refractivity contribution in [2.45, 2.75) is 39.4 Å². The van der Waals surface area contributed by atoms with E-state index in [1.807, 2.05) is 6.07 Å². The average molecular weight is 226 g/mol. The van der Waals surface area contributed by atoms with Crippen molar-refractivity contribution in [3.63, 3.8) is 0 Å². The molecule has 1 heterocycles. The van der Waals surface area contributed by atoms with Gasteiger partial charge in [0.05, 0.1) is 24.1 Å². The minimum Gasteiger partial charge on any atom is -0.444 e. The number of likely N-dealkylation sites (tertiary alicyclic amines) is 1. The first-order valence-electron chi connectivity index (χ1n) is 5.25. The van der Waals surface area contributed by atoms with Gasteiger partial charge in [-0.25, -0.2) is 4.79 Å². The molecule has 1 saturated heterocycles. The fourth-order valence-electron chi connectivity index (χ4n) is 1.55. The lowest BCUT2D eigenvalue weighted by atomic mass is 9.89. The highest BCUT2D eigenvalue weighted by Gasteiger charge is 2.45. The van der Waals surface area contributed by atoms with Gasteiger partial charge in [0.15, 0.2) is 0 Å². The predicted molar refractivity (Wildman–Crippen MR) is 57.5 cm³/mol. The summed E-state index contributed by atoms with van der Waals surface area (Å²) >= 11 is 0. The predicted octanol–water partition coefficient (Wildman–Crippen LogP) is 1.13. The number of β-amino-alcohol motifs (C(OH)–C–C–N with tert-alkyl or cyclic N) is 1. The van der Waals surface area contributed by atoms with Gasteiger partial charge in [0.2, 0.25) is 0 Å². The Morgan fingerprint density at radius 3 is 2.56 bits per heavy atom. The molecule has 0 saturated carbocycles. The number of rotatable bonds is 0. The Kier molecular flexibility index (Phi) is 3.15. The second kappa shape index (κ2) is 3.95. The number of carbonyl (C=O) groups excluding carboxylic acids is 1. The van der Waals surface area contributed by atoms with Crippen LogP contribution in [0.4, 0.5) is 4.79 Å². The molecule has 1 amide bonds. The van der Waals surface area contributed by atoms with E-state index in [0.717, 1.165) is 0 Å². The lowest BCUT2D eigenvalue weighted by Gasteiger charge is -2.24. The average Bonchev–Trinajstić information content (AvgIpc) is 2.41. The van der Waals surface area contributed by atoms with Crippen molar-refractivity contribution < 1.29 is 14.6 Å². The zero-order valence-corrected chi connectivity index (χ0v) is 10.1. The SMILES string of the molecule is CC(C)(C)OC(=O)N1CC(O)C(C)(C#N)C1. The number of nitrogens with zero attached hydrogens (tertiary/aromatic N) is 2. The largest absolute Gasteiger partial charge is 0.444 e. The van der Waals surface area contributed by atoms with Crippen LogP contribution in [0.3, 0.4) is 0 Å². The summed E-state index contributed by atoms with van der Waals surface area (Å²) in [5.41, 5.74) is -1.45. The van der Waals surface area contributed by atoms with Crippen LogP contribution in [0.5, 0.6) is 0 Å². The van der Waals surface area contributed by atoms with Crippen molar-refractivity contribution in [1.82, 2.24) is 4.90 Å². The zero-order valence-electron chi connectivity index (χ0n) is 10.1. The van der Waals surface area contributed by atoms with Crippen molar-refractivity contribution in [3.05, 3.63) is 0 Å². The molecule has 1 N–H and O–H groups in total. The number of aliphatic hydroxyl groups is 1. The van der Waals surface area contributed by atoms with Crippen LogP contribution in [0.25, 0.3) is 0 Å². The monoisotopic (exact) mass is 226 g/mol. The van der Waals surface area contributed by atoms with Crippen LogP contribution >= 0.6 is 0 Å². The minimum absolute atomic E-state index is 0.152. The van der Waals surface area contributed by atoms with Crippen molar-refractivity contribution in [2.75, 3.05) is 13.1 Å². The van der Waals surface area contributed by atoms with Gasteiger partial charge in [-0.15, -0.1) is 0 Å². The van der Waals surface area contributed by atoms with Crippen molar-refractivity contribution in [1.29, 1.82) is 5.26 Å². The molecule has 5 nitrogen and oxygen atoms in total. The van der Waals surface area contributed by atoms with Crippen LogP contribution in [0.15, 0.2) is 0 Å². The van der Waals surface area contributed by atoms with E-state index in [1.165, 1.54) is 4.90 Å². The van der Waals surface area contributed by atoms with Gasteiger partial charge in [0, 0.05) is 6.54 Å². The van der Waals surface area contributed by atoms with Gasteiger partial charge >= 0.3 is 6.09 Å². The van der Waals surface area contributed by atoms with Crippen molar-refractivity contribution in [3.8, 4) is 6.07 Å². The summed E-state index contributed by atoms with van der Waals surface area (Å²) in [6.45, 7) is 7.34. The van der Waals surface area contributed by atoms with Gasteiger partial charge in [0.1, 0.15) is 5.60 Å². The fraction of sp³-hybridized carbons (Fsp3) is 0.818. The first-order chi connectivity index (χ1) is 7.18. The summed E-state index contributed by atoms with van der Waals surface area (Å²) in [5.74, 6) is 0. The molecule has 0 aromatic carbocycles. The molecule has 1 rings (SSSR count). The molecule has 0 bridgehead atoms. The maximum atomic E-state index is 11.7. The van der Waals surface area contributed by atoms with E-state index in [9.17, 15) is 9.90 Å². The molecule has 16 heavy (non-hydrogen) atoms. The molecule has 2 unspecified atom stereocenters. The van der Waals surface area contributed by atoms with Crippen LogP contribution in [0.1, 0.15) is 27.7 Å². The molecule has 90 valence electrons. The summed E-state index contributed by atoms with van der Waals surface area (Å²) in [5, 5.41) is 18.6. The second-order valence-corrected chi connectivity index (χ2v) is 5.41. The molecule has 0 aromatic heterocycles. The summed E-state index contributed by atoms with van der Waals surface area (Å²) < 4.78 is 5.17. The van der Waals surface area contributed by atoms with Gasteiger partial charge in [0.25, 0.3) is 0 Å². The Morgan fingerprint density at radius 1 is 1.62 bits per heavy atom. The number of hydrogen-bond acceptors (Lipinski definition) is 4. The first-order valence-corrected chi connectivity index (χ1v) is 5.25. The third-order valence-corrected chi connectivity index (χ3v) is 2.56. The molecule has 2 atom stereocenters. The van der Waals surface area contributed by atoms with Crippen LogP contribution < -0.4 is 0 Å². The Labute approximate surface area is 95.6 Å².